The van der Waals surface area contributed by atoms with E-state index in [2.05, 4.69) is 0 Å². The first-order valence-corrected chi connectivity index (χ1v) is 3.57. The molecule has 0 amide bonds. The summed E-state index contributed by atoms with van der Waals surface area (Å²) in [7, 11) is 0. The third-order valence-electron chi connectivity index (χ3n) is 1.57. The van der Waals surface area contributed by atoms with Gasteiger partial charge in [0, 0.05) is 6.54 Å². The summed E-state index contributed by atoms with van der Waals surface area (Å²) in [5.41, 5.74) is 4.99. The summed E-state index contributed by atoms with van der Waals surface area (Å²) in [5, 5.41) is 44.2. The van der Waals surface area contributed by atoms with Crippen LogP contribution in [0.25, 0.3) is 0 Å². The first-order chi connectivity index (χ1) is 5.54. The number of aliphatic hydroxyl groups is 5. The van der Waals surface area contributed by atoms with Crippen LogP contribution in [0.5, 0.6) is 0 Å². The molecule has 0 aliphatic heterocycles. The zero-order chi connectivity index (χ0) is 9.72. The molecule has 0 saturated heterocycles. The maximum absolute atomic E-state index is 9.04. The first kappa shape index (κ1) is 16.2. The fourth-order valence-corrected chi connectivity index (χ4v) is 0.703. The quantitative estimate of drug-likeness (QED) is 0.248. The Morgan fingerprint density at radius 1 is 1.00 bits per heavy atom. The first-order valence-electron chi connectivity index (χ1n) is 3.57. The largest absolute Gasteiger partial charge is 1.00 e. The van der Waals surface area contributed by atoms with Gasteiger partial charge in [0.05, 0.1) is 12.7 Å². The van der Waals surface area contributed by atoms with E-state index < -0.39 is 31.0 Å². The van der Waals surface area contributed by atoms with E-state index in [1.54, 1.807) is 0 Å². The van der Waals surface area contributed by atoms with Crippen molar-refractivity contribution < 1.29 is 56.5 Å². The molecule has 0 rings (SSSR count). The second-order valence-corrected chi connectivity index (χ2v) is 2.53. The molecule has 0 aromatic rings. The van der Waals surface area contributed by atoms with Gasteiger partial charge in [0.2, 0.25) is 0 Å². The average molecular weight is 205 g/mol. The average Bonchev–Trinajstić information content (AvgIpc) is 2.12. The molecule has 0 bridgehead atoms. The van der Waals surface area contributed by atoms with Crippen molar-refractivity contribution in [3.8, 4) is 0 Å². The molecule has 7 N–H and O–H groups in total. The van der Waals surface area contributed by atoms with Crippen LogP contribution in [0.1, 0.15) is 1.43 Å². The normalized spacial score (nSPS) is 19.8. The SMILES string of the molecule is NC[C@H](O)[C@@H](O)[C@H](O)[C@H](O)CO.[H-].[Na+]. The van der Waals surface area contributed by atoms with Crippen LogP contribution in [0.4, 0.5) is 0 Å². The van der Waals surface area contributed by atoms with Crippen LogP contribution in [0.3, 0.4) is 0 Å². The van der Waals surface area contributed by atoms with Gasteiger partial charge in [-0.05, 0) is 0 Å². The molecule has 4 atom stereocenters. The molecular formula is C6H16NNaO5. The summed E-state index contributed by atoms with van der Waals surface area (Å²) in [6.07, 6.45) is -5.91. The van der Waals surface area contributed by atoms with Crippen LogP contribution in [0, 0.1) is 0 Å². The van der Waals surface area contributed by atoms with E-state index in [0.29, 0.717) is 0 Å². The summed E-state index contributed by atoms with van der Waals surface area (Å²) in [6.45, 7) is -0.911. The Hall–Kier alpha value is 0.760. The van der Waals surface area contributed by atoms with Gasteiger partial charge in [0.1, 0.15) is 18.3 Å². The molecule has 0 aromatic heterocycles. The minimum absolute atomic E-state index is 0. The Labute approximate surface area is 99.8 Å². The van der Waals surface area contributed by atoms with Crippen LogP contribution in [0.15, 0.2) is 0 Å². The van der Waals surface area contributed by atoms with Crippen molar-refractivity contribution in [3.05, 3.63) is 0 Å². The van der Waals surface area contributed by atoms with Crippen molar-refractivity contribution in [1.82, 2.24) is 0 Å². The van der Waals surface area contributed by atoms with Crippen molar-refractivity contribution in [2.24, 2.45) is 5.73 Å². The fourth-order valence-electron chi connectivity index (χ4n) is 0.703. The van der Waals surface area contributed by atoms with E-state index in [9.17, 15) is 0 Å². The molecule has 0 fully saturated rings. The Morgan fingerprint density at radius 3 is 1.69 bits per heavy atom. The molecule has 0 radical (unpaired) electrons. The van der Waals surface area contributed by atoms with Gasteiger partial charge >= 0.3 is 29.6 Å². The molecule has 0 heterocycles. The molecule has 0 spiro atoms. The Morgan fingerprint density at radius 2 is 1.38 bits per heavy atom. The summed E-state index contributed by atoms with van der Waals surface area (Å²) in [6, 6.07) is 0. The molecular weight excluding hydrogens is 189 g/mol. The summed E-state index contributed by atoms with van der Waals surface area (Å²) >= 11 is 0. The van der Waals surface area contributed by atoms with E-state index in [4.69, 9.17) is 31.3 Å². The van der Waals surface area contributed by atoms with Gasteiger partial charge in [0.15, 0.2) is 0 Å². The molecule has 0 aromatic carbocycles. The van der Waals surface area contributed by atoms with Crippen molar-refractivity contribution in [2.75, 3.05) is 13.2 Å². The van der Waals surface area contributed by atoms with Gasteiger partial charge in [0.25, 0.3) is 0 Å². The van der Waals surface area contributed by atoms with E-state index >= 15 is 0 Å². The summed E-state index contributed by atoms with van der Waals surface area (Å²) in [5.74, 6) is 0. The number of nitrogens with two attached hydrogens (primary N) is 1. The van der Waals surface area contributed by atoms with Gasteiger partial charge in [-0.1, -0.05) is 0 Å². The van der Waals surface area contributed by atoms with Crippen molar-refractivity contribution in [3.63, 3.8) is 0 Å². The minimum Gasteiger partial charge on any atom is -1.00 e. The van der Waals surface area contributed by atoms with Crippen LogP contribution < -0.4 is 35.3 Å². The number of rotatable bonds is 5. The van der Waals surface area contributed by atoms with E-state index in [0.717, 1.165) is 0 Å². The van der Waals surface area contributed by atoms with E-state index in [-0.39, 0.29) is 37.5 Å². The minimum atomic E-state index is -1.59. The second-order valence-electron chi connectivity index (χ2n) is 2.53. The standard InChI is InChI=1S/C6H15NO5.Na.H/c7-1-3(9)5(11)6(12)4(10)2-8;;/h3-6,8-12H,1-2,7H2;;/q;+1;-1/t3-,4+,5+,6+;;/m0../s1. The molecule has 6 nitrogen and oxygen atoms in total. The molecule has 0 aliphatic carbocycles. The molecule has 0 saturated carbocycles. The topological polar surface area (TPSA) is 127 Å². The third-order valence-corrected chi connectivity index (χ3v) is 1.57. The molecule has 76 valence electrons. The van der Waals surface area contributed by atoms with Gasteiger partial charge in [-0.2, -0.15) is 0 Å². The third kappa shape index (κ3) is 5.26. The summed E-state index contributed by atoms with van der Waals surface area (Å²) in [4.78, 5) is 0. The number of hydrogen-bond acceptors (Lipinski definition) is 6. The van der Waals surface area contributed by atoms with Crippen molar-refractivity contribution in [1.29, 1.82) is 0 Å². The van der Waals surface area contributed by atoms with Crippen molar-refractivity contribution in [2.45, 2.75) is 24.4 Å². The van der Waals surface area contributed by atoms with Crippen molar-refractivity contribution >= 4 is 0 Å². The molecule has 7 heteroatoms. The fraction of sp³-hybridized carbons (Fsp3) is 1.00. The summed E-state index contributed by atoms with van der Waals surface area (Å²) < 4.78 is 0. The number of hydrogen-bond donors (Lipinski definition) is 6. The van der Waals surface area contributed by atoms with Crippen LogP contribution in [-0.4, -0.2) is 63.1 Å². The predicted octanol–water partition coefficient (Wildman–Crippen LogP) is -6.50. The molecule has 0 aliphatic rings. The monoisotopic (exact) mass is 205 g/mol. The Kier molecular flexibility index (Phi) is 10.1. The van der Waals surface area contributed by atoms with Gasteiger partial charge in [-0.3, -0.25) is 0 Å². The zero-order valence-electron chi connectivity index (χ0n) is 8.54. The Balaban J connectivity index is -0.000000605. The smallest absolute Gasteiger partial charge is 1.00 e. The Bertz CT molecular complexity index is 119. The van der Waals surface area contributed by atoms with Gasteiger partial charge in [-0.25, -0.2) is 0 Å². The number of aliphatic hydroxyl groups excluding tert-OH is 5. The molecule has 0 unspecified atom stereocenters. The van der Waals surface area contributed by atoms with Crippen LogP contribution >= 0.6 is 0 Å². The maximum atomic E-state index is 9.04. The van der Waals surface area contributed by atoms with E-state index in [1.807, 2.05) is 0 Å². The van der Waals surface area contributed by atoms with Crippen LogP contribution in [0.2, 0.25) is 0 Å². The van der Waals surface area contributed by atoms with Gasteiger partial charge in [-0.15, -0.1) is 0 Å². The second kappa shape index (κ2) is 8.10. The van der Waals surface area contributed by atoms with Gasteiger partial charge < -0.3 is 32.7 Å². The molecule has 13 heavy (non-hydrogen) atoms. The predicted molar refractivity (Wildman–Crippen MR) is 41.3 cm³/mol. The zero-order valence-corrected chi connectivity index (χ0v) is 9.54. The van der Waals surface area contributed by atoms with Crippen LogP contribution in [-0.2, 0) is 0 Å². The maximum Gasteiger partial charge on any atom is 1.00 e. The van der Waals surface area contributed by atoms with E-state index in [1.165, 1.54) is 0 Å².